The van der Waals surface area contributed by atoms with E-state index in [0.29, 0.717) is 25.9 Å². The molecule has 3 heterocycles. The van der Waals surface area contributed by atoms with Gasteiger partial charge in [-0.2, -0.15) is 26.3 Å². The average Bonchev–Trinajstić information content (AvgIpc) is 3.01. The molecule has 1 saturated heterocycles. The van der Waals surface area contributed by atoms with Crippen LogP contribution in [0.15, 0.2) is 27.6 Å². The predicted octanol–water partition coefficient (Wildman–Crippen LogP) is 4.19. The van der Waals surface area contributed by atoms with Crippen LogP contribution in [-0.4, -0.2) is 28.8 Å². The minimum atomic E-state index is -5.11. The summed E-state index contributed by atoms with van der Waals surface area (Å²) in [4.78, 5) is 15.7. The summed E-state index contributed by atoms with van der Waals surface area (Å²) in [5, 5.41) is 3.10. The second-order valence-corrected chi connectivity index (χ2v) is 6.98. The van der Waals surface area contributed by atoms with Gasteiger partial charge < -0.3 is 14.3 Å². The minimum absolute atomic E-state index is 0.00100. The van der Waals surface area contributed by atoms with E-state index in [1.165, 1.54) is 6.07 Å². The molecule has 11 heteroatoms. The number of fused-ring (bicyclic) bond motifs is 3. The second kappa shape index (κ2) is 6.75. The van der Waals surface area contributed by atoms with E-state index in [0.717, 1.165) is 12.3 Å². The van der Waals surface area contributed by atoms with Gasteiger partial charge in [0.2, 0.25) is 5.82 Å². The Hall–Kier alpha value is -2.56. The van der Waals surface area contributed by atoms with Gasteiger partial charge in [-0.1, -0.05) is 0 Å². The summed E-state index contributed by atoms with van der Waals surface area (Å²) in [6.45, 7) is -0.723. The zero-order valence-electron chi connectivity index (χ0n) is 14.8. The van der Waals surface area contributed by atoms with E-state index in [9.17, 15) is 31.1 Å². The maximum Gasteiger partial charge on any atom is 0.449 e. The first kappa shape index (κ1) is 19.7. The molecule has 2 aromatic heterocycles. The van der Waals surface area contributed by atoms with Crippen LogP contribution in [0, 0.1) is 0 Å². The Morgan fingerprint density at radius 1 is 1.17 bits per heavy atom. The maximum absolute atomic E-state index is 13.6. The Morgan fingerprint density at radius 3 is 2.48 bits per heavy atom. The Kier molecular flexibility index (Phi) is 4.60. The summed E-state index contributed by atoms with van der Waals surface area (Å²) >= 11 is 0. The number of nitrogens with zero attached hydrogens (tertiary/aromatic N) is 2. The second-order valence-electron chi connectivity index (χ2n) is 6.98. The largest absolute Gasteiger partial charge is 0.462 e. The van der Waals surface area contributed by atoms with E-state index in [1.54, 1.807) is 0 Å². The number of nitrogens with one attached hydrogen (secondary N) is 1. The van der Waals surface area contributed by atoms with Crippen LogP contribution in [0.1, 0.15) is 30.1 Å². The van der Waals surface area contributed by atoms with Crippen molar-refractivity contribution in [3.05, 3.63) is 40.0 Å². The molecule has 4 rings (SSSR count). The zero-order chi connectivity index (χ0) is 21.0. The molecule has 29 heavy (non-hydrogen) atoms. The number of benzene rings is 1. The molecular formula is C18H15F6N3O2. The van der Waals surface area contributed by atoms with Crippen molar-refractivity contribution < 1.29 is 30.8 Å². The summed E-state index contributed by atoms with van der Waals surface area (Å²) < 4.78 is 85.6. The summed E-state index contributed by atoms with van der Waals surface area (Å²) in [5.74, 6) is -1.98. The summed E-state index contributed by atoms with van der Waals surface area (Å²) in [6.07, 6.45) is -8.00. The molecule has 1 aromatic carbocycles. The lowest BCUT2D eigenvalue weighted by atomic mass is 9.88. The molecular weight excluding hydrogens is 404 g/mol. The fourth-order valence-corrected chi connectivity index (χ4v) is 3.87. The summed E-state index contributed by atoms with van der Waals surface area (Å²) in [7, 11) is 0. The van der Waals surface area contributed by atoms with Gasteiger partial charge >= 0.3 is 12.4 Å². The van der Waals surface area contributed by atoms with Gasteiger partial charge in [-0.15, -0.1) is 0 Å². The van der Waals surface area contributed by atoms with Gasteiger partial charge in [-0.05, 0) is 43.5 Å². The lowest BCUT2D eigenvalue weighted by Crippen LogP contribution is -2.27. The highest BCUT2D eigenvalue weighted by Crippen LogP contribution is 2.40. The van der Waals surface area contributed by atoms with E-state index in [4.69, 9.17) is 4.42 Å². The van der Waals surface area contributed by atoms with E-state index in [1.807, 2.05) is 0 Å². The molecule has 1 N–H and O–H groups in total. The van der Waals surface area contributed by atoms with Crippen LogP contribution < -0.4 is 10.7 Å². The first-order chi connectivity index (χ1) is 13.6. The number of aromatic nitrogens is 2. The maximum atomic E-state index is 13.6. The van der Waals surface area contributed by atoms with Gasteiger partial charge in [-0.25, -0.2) is 4.98 Å². The van der Waals surface area contributed by atoms with Crippen molar-refractivity contribution in [3.63, 3.8) is 0 Å². The molecule has 0 bridgehead atoms. The molecule has 156 valence electrons. The zero-order valence-corrected chi connectivity index (χ0v) is 14.8. The van der Waals surface area contributed by atoms with Crippen LogP contribution in [0.25, 0.3) is 22.0 Å². The van der Waals surface area contributed by atoms with Crippen molar-refractivity contribution in [3.8, 4) is 0 Å². The number of hydrogen-bond acceptors (Lipinski definition) is 4. The van der Waals surface area contributed by atoms with Crippen LogP contribution in [0.2, 0.25) is 0 Å². The Bertz CT molecular complexity index is 1120. The van der Waals surface area contributed by atoms with Gasteiger partial charge in [0, 0.05) is 6.07 Å². The fraction of sp³-hybridized carbons (Fsp3) is 0.444. The van der Waals surface area contributed by atoms with Crippen molar-refractivity contribution in [1.29, 1.82) is 0 Å². The van der Waals surface area contributed by atoms with Crippen molar-refractivity contribution >= 4 is 22.0 Å². The average molecular weight is 419 g/mol. The fourth-order valence-electron chi connectivity index (χ4n) is 3.87. The molecule has 0 atom stereocenters. The first-order valence-electron chi connectivity index (χ1n) is 8.85. The Labute approximate surface area is 159 Å². The number of rotatable bonds is 2. The van der Waals surface area contributed by atoms with Crippen molar-refractivity contribution in [2.24, 2.45) is 0 Å². The van der Waals surface area contributed by atoms with Crippen LogP contribution in [-0.2, 0) is 12.7 Å². The third kappa shape index (κ3) is 3.59. The Morgan fingerprint density at radius 2 is 1.86 bits per heavy atom. The van der Waals surface area contributed by atoms with E-state index < -0.39 is 30.2 Å². The van der Waals surface area contributed by atoms with Crippen LogP contribution in [0.4, 0.5) is 26.3 Å². The monoisotopic (exact) mass is 419 g/mol. The van der Waals surface area contributed by atoms with E-state index >= 15 is 0 Å². The summed E-state index contributed by atoms with van der Waals surface area (Å²) in [5.41, 5.74) is -1.17. The molecule has 0 aliphatic carbocycles. The molecule has 3 aromatic rings. The van der Waals surface area contributed by atoms with Gasteiger partial charge in [0.25, 0.3) is 0 Å². The van der Waals surface area contributed by atoms with Gasteiger partial charge in [0.15, 0.2) is 11.0 Å². The molecule has 1 aliphatic rings. The molecule has 0 radical (unpaired) electrons. The highest BCUT2D eigenvalue weighted by molar-refractivity contribution is 6.02. The van der Waals surface area contributed by atoms with Crippen LogP contribution >= 0.6 is 0 Å². The SMILES string of the molecule is O=c1ccoc2c1cc(C1CCNCC1)c1c2nc(C(F)(F)F)n1CC(F)(F)F. The number of halogens is 6. The van der Waals surface area contributed by atoms with Crippen molar-refractivity contribution in [2.75, 3.05) is 13.1 Å². The lowest BCUT2D eigenvalue weighted by Gasteiger charge is -2.25. The van der Waals surface area contributed by atoms with E-state index in [-0.39, 0.29) is 38.1 Å². The molecule has 0 saturated carbocycles. The number of alkyl halides is 6. The highest BCUT2D eigenvalue weighted by Gasteiger charge is 2.42. The lowest BCUT2D eigenvalue weighted by molar-refractivity contribution is -0.160. The van der Waals surface area contributed by atoms with Gasteiger partial charge in [0.1, 0.15) is 12.1 Å². The predicted molar refractivity (Wildman–Crippen MR) is 91.7 cm³/mol. The first-order valence-corrected chi connectivity index (χ1v) is 8.85. The van der Waals surface area contributed by atoms with Crippen LogP contribution in [0.3, 0.4) is 0 Å². The van der Waals surface area contributed by atoms with Crippen molar-refractivity contribution in [1.82, 2.24) is 14.9 Å². The topological polar surface area (TPSA) is 60.1 Å². The Balaban J connectivity index is 2.14. The highest BCUT2D eigenvalue weighted by atomic mass is 19.4. The number of hydrogen-bond donors (Lipinski definition) is 1. The third-order valence-corrected chi connectivity index (χ3v) is 5.04. The minimum Gasteiger partial charge on any atom is -0.462 e. The molecule has 1 fully saturated rings. The molecule has 0 spiro atoms. The molecule has 1 aliphatic heterocycles. The quantitative estimate of drug-likeness (QED) is 0.633. The molecule has 5 nitrogen and oxygen atoms in total. The van der Waals surface area contributed by atoms with Gasteiger partial charge in [0.05, 0.1) is 17.2 Å². The number of piperidine rings is 1. The third-order valence-electron chi connectivity index (χ3n) is 5.04. The van der Waals surface area contributed by atoms with Gasteiger partial charge in [-0.3, -0.25) is 4.79 Å². The molecule has 0 unspecified atom stereocenters. The molecule has 0 amide bonds. The van der Waals surface area contributed by atoms with E-state index in [2.05, 4.69) is 10.3 Å². The van der Waals surface area contributed by atoms with Crippen LogP contribution in [0.5, 0.6) is 0 Å². The summed E-state index contributed by atoms with van der Waals surface area (Å²) in [6, 6.07) is 2.46. The normalized spacial score (nSPS) is 16.8. The number of imidazole rings is 1. The smallest absolute Gasteiger partial charge is 0.449 e. The van der Waals surface area contributed by atoms with Crippen molar-refractivity contribution in [2.45, 2.75) is 37.7 Å². The standard InChI is InChI=1S/C18H15F6N3O2/c19-17(20,21)8-27-14-10(9-1-4-25-5-2-9)7-11-12(28)3-6-29-15(11)13(14)26-16(27)18(22,23)24/h3,6-7,9,25H,1-2,4-5,8H2.